The average molecular weight is 336 g/mol. The van der Waals surface area contributed by atoms with Crippen LogP contribution in [-0.2, 0) is 22.7 Å². The lowest BCUT2D eigenvalue weighted by Gasteiger charge is -2.10. The van der Waals surface area contributed by atoms with E-state index < -0.39 is 9.84 Å². The summed E-state index contributed by atoms with van der Waals surface area (Å²) < 4.78 is 27.7. The molecule has 1 unspecified atom stereocenters. The maximum absolute atomic E-state index is 11.2. The lowest BCUT2D eigenvalue weighted by molar-refractivity contribution is 0.366. The van der Waals surface area contributed by atoms with Crippen LogP contribution in [0.1, 0.15) is 49.5 Å². The van der Waals surface area contributed by atoms with E-state index in [0.717, 1.165) is 12.0 Å². The quantitative estimate of drug-likeness (QED) is 0.777. The van der Waals surface area contributed by atoms with E-state index in [1.807, 2.05) is 13.0 Å². The molecule has 5 nitrogen and oxygen atoms in total. The smallest absolute Gasteiger partial charge is 0.233 e. The average Bonchev–Trinajstić information content (AvgIpc) is 2.92. The van der Waals surface area contributed by atoms with Crippen molar-refractivity contribution in [1.82, 2.24) is 10.1 Å². The lowest BCUT2D eigenvalue weighted by atomic mass is 9.95. The van der Waals surface area contributed by atoms with Gasteiger partial charge in [0.2, 0.25) is 5.89 Å². The Morgan fingerprint density at radius 2 is 1.96 bits per heavy atom. The summed E-state index contributed by atoms with van der Waals surface area (Å²) in [5.41, 5.74) is 2.42. The molecule has 0 fully saturated rings. The fraction of sp³-hybridized carbons (Fsp3) is 0.529. The highest BCUT2D eigenvalue weighted by molar-refractivity contribution is 7.90. The minimum absolute atomic E-state index is 0.0124. The highest BCUT2D eigenvalue weighted by Gasteiger charge is 2.17. The fourth-order valence-corrected chi connectivity index (χ4v) is 2.98. The zero-order valence-electron chi connectivity index (χ0n) is 14.1. The molecule has 0 radical (unpaired) electrons. The van der Waals surface area contributed by atoms with Crippen molar-refractivity contribution in [3.63, 3.8) is 0 Å². The van der Waals surface area contributed by atoms with Crippen LogP contribution in [0, 0.1) is 5.92 Å². The zero-order valence-corrected chi connectivity index (χ0v) is 14.9. The Labute approximate surface area is 138 Å². The van der Waals surface area contributed by atoms with Gasteiger partial charge in [-0.25, -0.2) is 8.42 Å². The molecule has 0 N–H and O–H groups in total. The summed E-state index contributed by atoms with van der Waals surface area (Å²) in [5, 5.41) is 3.89. The number of aromatic nitrogens is 2. The summed E-state index contributed by atoms with van der Waals surface area (Å²) in [6.07, 6.45) is 2.52. The molecule has 0 saturated heterocycles. The molecular weight excluding hydrogens is 312 g/mol. The van der Waals surface area contributed by atoms with Crippen LogP contribution in [0.4, 0.5) is 0 Å². The van der Waals surface area contributed by atoms with E-state index in [1.54, 1.807) is 0 Å². The number of rotatable bonds is 7. The normalized spacial score (nSPS) is 13.4. The van der Waals surface area contributed by atoms with E-state index in [1.165, 1.54) is 11.8 Å². The first kappa shape index (κ1) is 17.7. The van der Waals surface area contributed by atoms with E-state index in [2.05, 4.69) is 42.2 Å². The van der Waals surface area contributed by atoms with Gasteiger partial charge in [0.15, 0.2) is 5.82 Å². The van der Waals surface area contributed by atoms with Crippen LogP contribution in [0.25, 0.3) is 0 Å². The molecule has 0 spiro atoms. The molecule has 1 aromatic carbocycles. The number of benzene rings is 1. The van der Waals surface area contributed by atoms with Crippen LogP contribution in [0.5, 0.6) is 0 Å². The number of hydrogen-bond acceptors (Lipinski definition) is 5. The topological polar surface area (TPSA) is 73.1 Å². The predicted octanol–water partition coefficient (Wildman–Crippen LogP) is 3.01. The summed E-state index contributed by atoms with van der Waals surface area (Å²) in [6.45, 7) is 6.41. The molecule has 0 bridgehead atoms. The van der Waals surface area contributed by atoms with Gasteiger partial charge in [0.1, 0.15) is 9.84 Å². The third-order valence-electron chi connectivity index (χ3n) is 3.65. The van der Waals surface area contributed by atoms with E-state index in [-0.39, 0.29) is 18.1 Å². The Kier molecular flexibility index (Phi) is 5.57. The van der Waals surface area contributed by atoms with Crippen molar-refractivity contribution < 1.29 is 12.9 Å². The first-order valence-electron chi connectivity index (χ1n) is 7.83. The van der Waals surface area contributed by atoms with Gasteiger partial charge in [-0.15, -0.1) is 0 Å². The second-order valence-corrected chi connectivity index (χ2v) is 8.75. The molecule has 2 rings (SSSR count). The van der Waals surface area contributed by atoms with E-state index in [4.69, 9.17) is 4.52 Å². The molecule has 1 atom stereocenters. The van der Waals surface area contributed by atoms with Crippen LogP contribution in [0.3, 0.4) is 0 Å². The van der Waals surface area contributed by atoms with E-state index >= 15 is 0 Å². The standard InChI is InChI=1S/C17H24N2O3S/c1-12(2)10-14-6-5-7-15(11-14)13(3)17-18-16(19-22-17)8-9-23(4,20)21/h5-7,11-13H,8-10H2,1-4H3. The molecule has 2 aromatic rings. The van der Waals surface area contributed by atoms with E-state index in [9.17, 15) is 8.42 Å². The van der Waals surface area contributed by atoms with Gasteiger partial charge < -0.3 is 4.52 Å². The van der Waals surface area contributed by atoms with Gasteiger partial charge in [0, 0.05) is 12.7 Å². The van der Waals surface area contributed by atoms with Crippen molar-refractivity contribution in [3.8, 4) is 0 Å². The summed E-state index contributed by atoms with van der Waals surface area (Å²) in [4.78, 5) is 4.34. The van der Waals surface area contributed by atoms with Gasteiger partial charge in [0.25, 0.3) is 0 Å². The second kappa shape index (κ2) is 7.25. The third-order valence-corrected chi connectivity index (χ3v) is 4.59. The minimum Gasteiger partial charge on any atom is -0.339 e. The summed E-state index contributed by atoms with van der Waals surface area (Å²) in [7, 11) is -3.02. The Balaban J connectivity index is 2.11. The molecule has 1 aromatic heterocycles. The maximum Gasteiger partial charge on any atom is 0.233 e. The van der Waals surface area contributed by atoms with Crippen LogP contribution in [-0.4, -0.2) is 30.6 Å². The molecular formula is C17H24N2O3S. The van der Waals surface area contributed by atoms with Crippen LogP contribution in [0.2, 0.25) is 0 Å². The summed E-state index contributed by atoms with van der Waals surface area (Å²) in [6, 6.07) is 8.39. The molecule has 0 aliphatic heterocycles. The largest absolute Gasteiger partial charge is 0.339 e. The second-order valence-electron chi connectivity index (χ2n) is 6.49. The van der Waals surface area contributed by atoms with Crippen molar-refractivity contribution >= 4 is 9.84 Å². The zero-order chi connectivity index (χ0) is 17.0. The van der Waals surface area contributed by atoms with Crippen LogP contribution < -0.4 is 0 Å². The number of sulfone groups is 1. The maximum atomic E-state index is 11.2. The Bertz CT molecular complexity index is 751. The van der Waals surface area contributed by atoms with Crippen molar-refractivity contribution in [1.29, 1.82) is 0 Å². The minimum atomic E-state index is -3.02. The highest BCUT2D eigenvalue weighted by atomic mass is 32.2. The SMILES string of the molecule is CC(C)Cc1cccc(C(C)c2nc(CCS(C)(=O)=O)no2)c1. The fourth-order valence-electron chi connectivity index (χ4n) is 2.42. The monoisotopic (exact) mass is 336 g/mol. The van der Waals surface area contributed by atoms with Gasteiger partial charge in [0.05, 0.1) is 11.7 Å². The Morgan fingerprint density at radius 1 is 1.22 bits per heavy atom. The molecule has 1 heterocycles. The molecule has 6 heteroatoms. The summed E-state index contributed by atoms with van der Waals surface area (Å²) in [5.74, 6) is 1.59. The van der Waals surface area contributed by atoms with Crippen molar-refractivity contribution in [3.05, 3.63) is 47.1 Å². The number of hydrogen-bond donors (Lipinski definition) is 0. The van der Waals surface area contributed by atoms with Gasteiger partial charge >= 0.3 is 0 Å². The summed E-state index contributed by atoms with van der Waals surface area (Å²) >= 11 is 0. The Hall–Kier alpha value is -1.69. The predicted molar refractivity (Wildman–Crippen MR) is 90.2 cm³/mol. The van der Waals surface area contributed by atoms with E-state index in [0.29, 0.717) is 17.6 Å². The first-order valence-corrected chi connectivity index (χ1v) is 9.89. The first-order chi connectivity index (χ1) is 10.7. The molecule has 0 amide bonds. The third kappa shape index (κ3) is 5.46. The molecule has 0 aliphatic rings. The van der Waals surface area contributed by atoms with Crippen LogP contribution in [0.15, 0.2) is 28.8 Å². The lowest BCUT2D eigenvalue weighted by Crippen LogP contribution is -2.07. The number of nitrogens with zero attached hydrogens (tertiary/aromatic N) is 2. The molecule has 0 aliphatic carbocycles. The van der Waals surface area contributed by atoms with Gasteiger partial charge in [-0.05, 0) is 30.4 Å². The Morgan fingerprint density at radius 3 is 2.61 bits per heavy atom. The molecule has 126 valence electrons. The van der Waals surface area contributed by atoms with Crippen LogP contribution >= 0.6 is 0 Å². The number of aryl methyl sites for hydroxylation is 1. The molecule has 23 heavy (non-hydrogen) atoms. The van der Waals surface area contributed by atoms with Crippen molar-refractivity contribution in [2.45, 2.75) is 39.5 Å². The molecule has 0 saturated carbocycles. The highest BCUT2D eigenvalue weighted by Crippen LogP contribution is 2.24. The van der Waals surface area contributed by atoms with Gasteiger partial charge in [-0.3, -0.25) is 0 Å². The van der Waals surface area contributed by atoms with Crippen molar-refractivity contribution in [2.24, 2.45) is 5.92 Å². The van der Waals surface area contributed by atoms with Crippen molar-refractivity contribution in [2.75, 3.05) is 12.0 Å². The van der Waals surface area contributed by atoms with Gasteiger partial charge in [-0.2, -0.15) is 4.98 Å². The van der Waals surface area contributed by atoms with Gasteiger partial charge in [-0.1, -0.05) is 43.3 Å².